The van der Waals surface area contributed by atoms with Crippen LogP contribution in [0.1, 0.15) is 88.5 Å². The van der Waals surface area contributed by atoms with E-state index in [9.17, 15) is 9.59 Å². The third-order valence-corrected chi connectivity index (χ3v) is 6.96. The van der Waals surface area contributed by atoms with Crippen molar-refractivity contribution in [2.24, 2.45) is 5.92 Å². The average molecular weight is 515 g/mol. The molecule has 3 rings (SSSR count). The molecule has 1 aliphatic rings. The lowest BCUT2D eigenvalue weighted by Gasteiger charge is -2.22. The molecular formula is C27H35BrN2O3. The Labute approximate surface area is 205 Å². The van der Waals surface area contributed by atoms with Gasteiger partial charge < -0.3 is 10.1 Å². The number of ketones is 1. The fraction of sp³-hybridized carbons (Fsp3) is 0.519. The number of pyridine rings is 1. The fourth-order valence-electron chi connectivity index (χ4n) is 4.17. The van der Waals surface area contributed by atoms with E-state index < -0.39 is 11.7 Å². The van der Waals surface area contributed by atoms with E-state index in [4.69, 9.17) is 4.74 Å². The Morgan fingerprint density at radius 2 is 2.00 bits per heavy atom. The first-order chi connectivity index (χ1) is 15.6. The number of benzene rings is 1. The summed E-state index contributed by atoms with van der Waals surface area (Å²) in [6.07, 6.45) is 3.71. The molecule has 33 heavy (non-hydrogen) atoms. The van der Waals surface area contributed by atoms with Gasteiger partial charge in [-0.1, -0.05) is 48.0 Å². The van der Waals surface area contributed by atoms with Crippen LogP contribution in [0.3, 0.4) is 0 Å². The van der Waals surface area contributed by atoms with Gasteiger partial charge in [-0.2, -0.15) is 0 Å². The number of alkyl carbamates (subject to hydrolysis) is 1. The van der Waals surface area contributed by atoms with Crippen molar-refractivity contribution in [3.63, 3.8) is 0 Å². The lowest BCUT2D eigenvalue weighted by Crippen LogP contribution is -2.34. The smallest absolute Gasteiger partial charge is 0.407 e. The van der Waals surface area contributed by atoms with Crippen LogP contribution in [0.25, 0.3) is 0 Å². The Balaban J connectivity index is 1.78. The summed E-state index contributed by atoms with van der Waals surface area (Å²) in [6.45, 7) is 10.2. The zero-order chi connectivity index (χ0) is 24.2. The first-order valence-electron chi connectivity index (χ1n) is 11.8. The third kappa shape index (κ3) is 6.89. The van der Waals surface area contributed by atoms with Crippen LogP contribution in [0.2, 0.25) is 0 Å². The molecule has 1 heterocycles. The molecule has 0 bridgehead atoms. The summed E-state index contributed by atoms with van der Waals surface area (Å²) in [5.41, 5.74) is 2.65. The maximum absolute atomic E-state index is 13.6. The Morgan fingerprint density at radius 1 is 1.24 bits per heavy atom. The van der Waals surface area contributed by atoms with Gasteiger partial charge >= 0.3 is 6.09 Å². The molecule has 1 aromatic carbocycles. The van der Waals surface area contributed by atoms with E-state index in [2.05, 4.69) is 46.1 Å². The second-order valence-corrected chi connectivity index (χ2v) is 10.8. The highest BCUT2D eigenvalue weighted by Gasteiger charge is 2.47. The summed E-state index contributed by atoms with van der Waals surface area (Å²) in [7, 11) is 0. The number of hydrogen-bond acceptors (Lipinski definition) is 4. The number of aromatic nitrogens is 1. The van der Waals surface area contributed by atoms with Crippen molar-refractivity contribution < 1.29 is 14.3 Å². The summed E-state index contributed by atoms with van der Waals surface area (Å²) >= 11 is 3.67. The van der Waals surface area contributed by atoms with Gasteiger partial charge in [-0.3, -0.25) is 9.78 Å². The lowest BCUT2D eigenvalue weighted by molar-refractivity contribution is -0.122. The van der Waals surface area contributed by atoms with Gasteiger partial charge in [0.25, 0.3) is 0 Å². The number of carbonyl (C=O) groups is 2. The van der Waals surface area contributed by atoms with Gasteiger partial charge in [0, 0.05) is 40.7 Å². The van der Waals surface area contributed by atoms with E-state index in [1.807, 2.05) is 51.1 Å². The van der Waals surface area contributed by atoms with Gasteiger partial charge in [0.1, 0.15) is 11.4 Å². The molecule has 0 saturated heterocycles. The van der Waals surface area contributed by atoms with E-state index in [1.54, 1.807) is 6.20 Å². The number of carbonyl (C=O) groups excluding carboxylic acids is 2. The van der Waals surface area contributed by atoms with Crippen LogP contribution in [0.5, 0.6) is 0 Å². The SMILES string of the molecule is CCC(C)c1cc([C@@H](CCNC(=O)OC(C)(C)C)C(=O)[C@@H]2C[C@H]2c2ccccn2)ccc1Br. The van der Waals surface area contributed by atoms with Crippen molar-refractivity contribution in [1.29, 1.82) is 0 Å². The molecule has 5 nitrogen and oxygen atoms in total. The van der Waals surface area contributed by atoms with Gasteiger partial charge in [-0.15, -0.1) is 0 Å². The van der Waals surface area contributed by atoms with E-state index in [0.717, 1.165) is 28.6 Å². The largest absolute Gasteiger partial charge is 0.444 e. The van der Waals surface area contributed by atoms with Crippen molar-refractivity contribution in [3.8, 4) is 0 Å². The lowest BCUT2D eigenvalue weighted by atomic mass is 9.86. The van der Waals surface area contributed by atoms with Crippen molar-refractivity contribution in [2.45, 2.75) is 77.2 Å². The quantitative estimate of drug-likeness (QED) is 0.402. The molecule has 1 aromatic heterocycles. The number of hydrogen-bond donors (Lipinski definition) is 1. The van der Waals surface area contributed by atoms with Crippen LogP contribution in [-0.4, -0.2) is 29.0 Å². The second-order valence-electron chi connectivity index (χ2n) is 9.97. The van der Waals surface area contributed by atoms with E-state index in [1.165, 1.54) is 5.56 Å². The number of ether oxygens (including phenoxy) is 1. The van der Waals surface area contributed by atoms with Crippen LogP contribution in [-0.2, 0) is 9.53 Å². The number of halogens is 1. The van der Waals surface area contributed by atoms with Gasteiger partial charge in [-0.25, -0.2) is 4.79 Å². The predicted octanol–water partition coefficient (Wildman–Crippen LogP) is 6.73. The first-order valence-corrected chi connectivity index (χ1v) is 12.6. The average Bonchev–Trinajstić information content (AvgIpc) is 3.57. The van der Waals surface area contributed by atoms with E-state index in [-0.39, 0.29) is 23.5 Å². The molecule has 1 amide bonds. The van der Waals surface area contributed by atoms with Gasteiger partial charge in [0.2, 0.25) is 0 Å². The molecule has 1 aliphatic carbocycles. The van der Waals surface area contributed by atoms with Crippen LogP contribution >= 0.6 is 15.9 Å². The maximum atomic E-state index is 13.6. The molecule has 0 radical (unpaired) electrons. The number of nitrogens with zero attached hydrogens (tertiary/aromatic N) is 1. The Kier molecular flexibility index (Phi) is 8.33. The summed E-state index contributed by atoms with van der Waals surface area (Å²) in [4.78, 5) is 30.2. The highest BCUT2D eigenvalue weighted by molar-refractivity contribution is 9.10. The highest BCUT2D eigenvalue weighted by atomic mass is 79.9. The highest BCUT2D eigenvalue weighted by Crippen LogP contribution is 2.50. The van der Waals surface area contributed by atoms with Crippen LogP contribution in [0, 0.1) is 5.92 Å². The van der Waals surface area contributed by atoms with E-state index >= 15 is 0 Å². The van der Waals surface area contributed by atoms with Gasteiger partial charge in [0.05, 0.1) is 0 Å². The second kappa shape index (κ2) is 10.8. The summed E-state index contributed by atoms with van der Waals surface area (Å²) in [5, 5.41) is 2.82. The van der Waals surface area contributed by atoms with Gasteiger partial charge in [-0.05, 0) is 75.3 Å². The van der Waals surface area contributed by atoms with Crippen LogP contribution < -0.4 is 5.32 Å². The minimum atomic E-state index is -0.555. The molecule has 178 valence electrons. The molecule has 1 saturated carbocycles. The minimum absolute atomic E-state index is 0.0258. The summed E-state index contributed by atoms with van der Waals surface area (Å²) < 4.78 is 6.42. The van der Waals surface area contributed by atoms with Crippen molar-refractivity contribution >= 4 is 27.8 Å². The number of nitrogens with one attached hydrogen (secondary N) is 1. The molecule has 2 aromatic rings. The van der Waals surface area contributed by atoms with Crippen molar-refractivity contribution in [3.05, 3.63) is 63.9 Å². The molecule has 1 unspecified atom stereocenters. The van der Waals surface area contributed by atoms with Crippen LogP contribution in [0.4, 0.5) is 4.79 Å². The number of Topliss-reactive ketones (excluding diaryl/α,β-unsaturated/α-hetero) is 1. The monoisotopic (exact) mass is 514 g/mol. The summed E-state index contributed by atoms with van der Waals surface area (Å²) in [5.74, 6) is 0.493. The predicted molar refractivity (Wildman–Crippen MR) is 135 cm³/mol. The molecule has 1 N–H and O–H groups in total. The first kappa shape index (κ1) is 25.4. The third-order valence-electron chi connectivity index (χ3n) is 6.23. The molecule has 0 aliphatic heterocycles. The maximum Gasteiger partial charge on any atom is 0.407 e. The van der Waals surface area contributed by atoms with Crippen LogP contribution in [0.15, 0.2) is 47.1 Å². The molecule has 4 atom stereocenters. The standard InChI is InChI=1S/C27H35BrN2O3/c1-6-17(2)20-15-18(10-11-23(20)28)19(12-14-30-26(32)33-27(3,4)5)25(31)22-16-21(22)24-9-7-8-13-29-24/h7-11,13,15,17,19,21-22H,6,12,14,16H2,1-5H3,(H,30,32)/t17?,19-,21-,22-/m1/s1. The summed E-state index contributed by atoms with van der Waals surface area (Å²) in [6, 6.07) is 12.1. The topological polar surface area (TPSA) is 68.3 Å². The Morgan fingerprint density at radius 3 is 2.64 bits per heavy atom. The molecular weight excluding hydrogens is 480 g/mol. The molecule has 1 fully saturated rings. The fourth-order valence-corrected chi connectivity index (χ4v) is 4.81. The number of amides is 1. The van der Waals surface area contributed by atoms with Crippen molar-refractivity contribution in [2.75, 3.05) is 6.54 Å². The number of rotatable bonds is 9. The Bertz CT molecular complexity index is 971. The molecule has 6 heteroatoms. The van der Waals surface area contributed by atoms with Gasteiger partial charge in [0.15, 0.2) is 0 Å². The zero-order valence-electron chi connectivity index (χ0n) is 20.2. The van der Waals surface area contributed by atoms with Crippen molar-refractivity contribution in [1.82, 2.24) is 10.3 Å². The zero-order valence-corrected chi connectivity index (χ0v) is 21.8. The van der Waals surface area contributed by atoms with E-state index in [0.29, 0.717) is 18.9 Å². The normalized spacial score (nSPS) is 19.5. The molecule has 0 spiro atoms. The minimum Gasteiger partial charge on any atom is -0.444 e. The Hall–Kier alpha value is -2.21.